The number of hydrogen-bond acceptors (Lipinski definition) is 2. The van der Waals surface area contributed by atoms with Gasteiger partial charge in [0.15, 0.2) is 0 Å². The van der Waals surface area contributed by atoms with Crippen molar-refractivity contribution in [3.63, 3.8) is 0 Å². The molecule has 0 spiro atoms. The fraction of sp³-hybridized carbons (Fsp3) is 0.316. The van der Waals surface area contributed by atoms with Gasteiger partial charge in [-0.3, -0.25) is 4.79 Å². The Bertz CT molecular complexity index is 729. The molecule has 1 atom stereocenters. The van der Waals surface area contributed by atoms with Gasteiger partial charge in [0.2, 0.25) is 5.91 Å². The summed E-state index contributed by atoms with van der Waals surface area (Å²) in [7, 11) is 0. The second-order valence-electron chi connectivity index (χ2n) is 5.86. The van der Waals surface area contributed by atoms with Gasteiger partial charge < -0.3 is 4.90 Å². The molecule has 1 aromatic carbocycles. The van der Waals surface area contributed by atoms with E-state index in [0.717, 1.165) is 13.1 Å². The van der Waals surface area contributed by atoms with E-state index in [1.54, 1.807) is 6.08 Å². The van der Waals surface area contributed by atoms with Gasteiger partial charge in [-0.15, -0.1) is 11.3 Å². The summed E-state index contributed by atoms with van der Waals surface area (Å²) in [5.41, 5.74) is 4.03. The topological polar surface area (TPSA) is 20.3 Å². The van der Waals surface area contributed by atoms with Crippen LogP contribution in [-0.2, 0) is 11.3 Å². The van der Waals surface area contributed by atoms with E-state index in [4.69, 9.17) is 0 Å². The van der Waals surface area contributed by atoms with Crippen LogP contribution in [0.1, 0.15) is 39.3 Å². The monoisotopic (exact) mass is 311 g/mol. The van der Waals surface area contributed by atoms with Crippen molar-refractivity contribution < 1.29 is 4.79 Å². The fourth-order valence-electron chi connectivity index (χ4n) is 3.22. The Labute approximate surface area is 136 Å². The number of thiophene rings is 1. The molecule has 3 heteroatoms. The first-order valence-corrected chi connectivity index (χ1v) is 8.48. The number of aryl methyl sites for hydroxylation is 2. The van der Waals surface area contributed by atoms with E-state index in [-0.39, 0.29) is 11.8 Å². The zero-order chi connectivity index (χ0) is 15.7. The first-order valence-electron chi connectivity index (χ1n) is 7.66. The molecule has 0 aliphatic carbocycles. The molecular formula is C19H21NOS. The molecule has 0 unspecified atom stereocenters. The molecule has 114 valence electrons. The molecule has 0 radical (unpaired) electrons. The Balaban J connectivity index is 2.04. The van der Waals surface area contributed by atoms with Crippen LogP contribution in [0.2, 0.25) is 0 Å². The largest absolute Gasteiger partial charge is 0.333 e. The van der Waals surface area contributed by atoms with Gasteiger partial charge in [-0.05, 0) is 49.6 Å². The van der Waals surface area contributed by atoms with E-state index in [9.17, 15) is 4.79 Å². The van der Waals surface area contributed by atoms with Crippen LogP contribution in [0.15, 0.2) is 42.5 Å². The molecule has 2 aromatic rings. The van der Waals surface area contributed by atoms with E-state index in [1.807, 2.05) is 29.2 Å². The number of allylic oxidation sites excluding steroid dienone is 1. The molecule has 1 aliphatic heterocycles. The van der Waals surface area contributed by atoms with Crippen LogP contribution in [0.4, 0.5) is 0 Å². The van der Waals surface area contributed by atoms with Crippen molar-refractivity contribution in [2.75, 3.05) is 6.54 Å². The molecule has 0 saturated carbocycles. The van der Waals surface area contributed by atoms with Gasteiger partial charge in [-0.25, -0.2) is 0 Å². The Morgan fingerprint density at radius 1 is 1.27 bits per heavy atom. The molecule has 3 rings (SSSR count). The van der Waals surface area contributed by atoms with Gasteiger partial charge in [0, 0.05) is 22.2 Å². The number of amides is 1. The average molecular weight is 311 g/mol. The normalized spacial score (nSPS) is 17.8. The number of hydrogen-bond donors (Lipinski definition) is 0. The van der Waals surface area contributed by atoms with Gasteiger partial charge in [0.1, 0.15) is 0 Å². The molecule has 2 heterocycles. The van der Waals surface area contributed by atoms with Crippen LogP contribution in [0.25, 0.3) is 0 Å². The number of rotatable bonds is 2. The first kappa shape index (κ1) is 15.0. The van der Waals surface area contributed by atoms with Crippen molar-refractivity contribution in [1.29, 1.82) is 0 Å². The number of carbonyl (C=O) groups is 1. The molecular weight excluding hydrogens is 290 g/mol. The van der Waals surface area contributed by atoms with E-state index >= 15 is 0 Å². The lowest BCUT2D eigenvalue weighted by atomic mass is 9.86. The van der Waals surface area contributed by atoms with E-state index in [2.05, 4.69) is 44.2 Å². The van der Waals surface area contributed by atoms with Crippen molar-refractivity contribution in [2.24, 2.45) is 0 Å². The zero-order valence-corrected chi connectivity index (χ0v) is 14.1. The van der Waals surface area contributed by atoms with Crippen molar-refractivity contribution in [3.05, 3.63) is 68.9 Å². The minimum Gasteiger partial charge on any atom is -0.333 e. The molecule has 0 fully saturated rings. The summed E-state index contributed by atoms with van der Waals surface area (Å²) in [6, 6.07) is 10.8. The van der Waals surface area contributed by atoms with Crippen molar-refractivity contribution in [2.45, 2.75) is 33.2 Å². The fourth-order valence-corrected chi connectivity index (χ4v) is 4.33. The summed E-state index contributed by atoms with van der Waals surface area (Å²) in [5.74, 6) is 0.391. The SMILES string of the molecule is C/C=C/C(=O)N1Cc2sc(C)cc2[C@@H](c2ccccc2C)C1. The number of benzene rings is 1. The molecule has 2 nitrogen and oxygen atoms in total. The van der Waals surface area contributed by atoms with Crippen LogP contribution >= 0.6 is 11.3 Å². The molecule has 0 bridgehead atoms. The van der Waals surface area contributed by atoms with Gasteiger partial charge in [0.25, 0.3) is 0 Å². The average Bonchev–Trinajstić information content (AvgIpc) is 2.87. The third-order valence-electron chi connectivity index (χ3n) is 4.26. The minimum absolute atomic E-state index is 0.109. The van der Waals surface area contributed by atoms with Crippen LogP contribution in [0.3, 0.4) is 0 Å². The highest BCUT2D eigenvalue weighted by Gasteiger charge is 2.30. The predicted octanol–water partition coefficient (Wildman–Crippen LogP) is 4.42. The highest BCUT2D eigenvalue weighted by Crippen LogP contribution is 2.39. The third-order valence-corrected chi connectivity index (χ3v) is 5.31. The zero-order valence-electron chi connectivity index (χ0n) is 13.3. The van der Waals surface area contributed by atoms with Crippen LogP contribution in [0.5, 0.6) is 0 Å². The smallest absolute Gasteiger partial charge is 0.246 e. The summed E-state index contributed by atoms with van der Waals surface area (Å²) < 4.78 is 0. The van der Waals surface area contributed by atoms with Crippen molar-refractivity contribution in [3.8, 4) is 0 Å². The van der Waals surface area contributed by atoms with Gasteiger partial charge in [0.05, 0.1) is 6.54 Å². The van der Waals surface area contributed by atoms with Gasteiger partial charge in [-0.2, -0.15) is 0 Å². The van der Waals surface area contributed by atoms with Crippen LogP contribution < -0.4 is 0 Å². The maximum Gasteiger partial charge on any atom is 0.246 e. The quantitative estimate of drug-likeness (QED) is 0.752. The van der Waals surface area contributed by atoms with E-state index in [1.165, 1.54) is 26.4 Å². The van der Waals surface area contributed by atoms with Gasteiger partial charge >= 0.3 is 0 Å². The minimum atomic E-state index is 0.109. The Kier molecular flexibility index (Phi) is 4.16. The summed E-state index contributed by atoms with van der Waals surface area (Å²) in [5, 5.41) is 0. The van der Waals surface area contributed by atoms with E-state index in [0.29, 0.717) is 0 Å². The highest BCUT2D eigenvalue weighted by atomic mass is 32.1. The standard InChI is InChI=1S/C19H21NOS/c1-4-7-19(21)20-11-17(15-9-6-5-8-13(15)2)16-10-14(3)22-18(16)12-20/h4-10,17H,11-12H2,1-3H3/b7-4+/t17-/m1/s1. The number of carbonyl (C=O) groups excluding carboxylic acids is 1. The number of nitrogens with zero attached hydrogens (tertiary/aromatic N) is 1. The summed E-state index contributed by atoms with van der Waals surface area (Å²) in [6.07, 6.45) is 3.49. The van der Waals surface area contributed by atoms with Crippen molar-refractivity contribution in [1.82, 2.24) is 4.90 Å². The second kappa shape index (κ2) is 6.09. The van der Waals surface area contributed by atoms with Crippen molar-refractivity contribution >= 4 is 17.2 Å². The summed E-state index contributed by atoms with van der Waals surface area (Å²) in [4.78, 5) is 16.9. The molecule has 22 heavy (non-hydrogen) atoms. The Morgan fingerprint density at radius 2 is 2.05 bits per heavy atom. The maximum atomic E-state index is 12.3. The van der Waals surface area contributed by atoms with Crippen LogP contribution in [0, 0.1) is 13.8 Å². The maximum absolute atomic E-state index is 12.3. The van der Waals surface area contributed by atoms with Gasteiger partial charge in [-0.1, -0.05) is 30.3 Å². The molecule has 1 aliphatic rings. The lowest BCUT2D eigenvalue weighted by molar-refractivity contribution is -0.127. The Hall–Kier alpha value is -1.87. The number of fused-ring (bicyclic) bond motifs is 1. The summed E-state index contributed by atoms with van der Waals surface area (Å²) in [6.45, 7) is 7.69. The molecule has 0 saturated heterocycles. The lowest BCUT2D eigenvalue weighted by Crippen LogP contribution is -2.37. The molecule has 0 N–H and O–H groups in total. The molecule has 1 aromatic heterocycles. The van der Waals surface area contributed by atoms with E-state index < -0.39 is 0 Å². The summed E-state index contributed by atoms with van der Waals surface area (Å²) >= 11 is 1.82. The third kappa shape index (κ3) is 2.73. The van der Waals surface area contributed by atoms with Crippen LogP contribution in [-0.4, -0.2) is 17.4 Å². The Morgan fingerprint density at radius 3 is 2.77 bits per heavy atom. The second-order valence-corrected chi connectivity index (χ2v) is 7.20. The first-order chi connectivity index (χ1) is 10.6. The lowest BCUT2D eigenvalue weighted by Gasteiger charge is -2.33. The molecule has 1 amide bonds. The highest BCUT2D eigenvalue weighted by molar-refractivity contribution is 7.12. The predicted molar refractivity (Wildman–Crippen MR) is 92.3 cm³/mol.